The summed E-state index contributed by atoms with van der Waals surface area (Å²) in [5, 5.41) is 3.91. The van der Waals surface area contributed by atoms with Gasteiger partial charge in [0, 0.05) is 25.5 Å². The molecule has 2 heterocycles. The van der Waals surface area contributed by atoms with Crippen LogP contribution in [0.15, 0.2) is 30.5 Å². The van der Waals surface area contributed by atoms with Crippen molar-refractivity contribution in [3.8, 4) is 0 Å². The van der Waals surface area contributed by atoms with E-state index in [1.165, 1.54) is 21.8 Å². The van der Waals surface area contributed by atoms with E-state index in [0.717, 1.165) is 6.07 Å². The van der Waals surface area contributed by atoms with Crippen LogP contribution < -0.4 is 4.90 Å². The number of carbonyl (C=O) groups excluding carboxylic acids is 1. The van der Waals surface area contributed by atoms with Gasteiger partial charge in [-0.25, -0.2) is 0 Å². The number of aryl methyl sites for hydroxylation is 1. The lowest BCUT2D eigenvalue weighted by Gasteiger charge is -2.18. The molecule has 0 saturated carbocycles. The summed E-state index contributed by atoms with van der Waals surface area (Å²) in [5.41, 5.74) is 0.192. The molecule has 110 valence electrons. The number of anilines is 1. The predicted octanol–water partition coefficient (Wildman–Crippen LogP) is 2.64. The van der Waals surface area contributed by atoms with Crippen molar-refractivity contribution < 1.29 is 18.0 Å². The van der Waals surface area contributed by atoms with Gasteiger partial charge in [-0.1, -0.05) is 6.07 Å². The molecule has 0 fully saturated rings. The second-order valence-electron chi connectivity index (χ2n) is 4.85. The van der Waals surface area contributed by atoms with Crippen molar-refractivity contribution in [3.05, 3.63) is 47.3 Å². The first kappa shape index (κ1) is 13.7. The highest BCUT2D eigenvalue weighted by Crippen LogP contribution is 2.39. The Morgan fingerprint density at radius 3 is 2.67 bits per heavy atom. The van der Waals surface area contributed by atoms with Crippen LogP contribution in [-0.2, 0) is 19.6 Å². The Kier molecular flexibility index (Phi) is 3.00. The number of nitrogens with zero attached hydrogens (tertiary/aromatic N) is 3. The highest BCUT2D eigenvalue weighted by Gasteiger charge is 2.38. The smallest absolute Gasteiger partial charge is 0.306 e. The first-order chi connectivity index (χ1) is 9.89. The van der Waals surface area contributed by atoms with Gasteiger partial charge in [0.25, 0.3) is 5.91 Å². The number of carbonyl (C=O) groups is 1. The highest BCUT2D eigenvalue weighted by atomic mass is 19.4. The molecule has 4 nitrogen and oxygen atoms in total. The largest absolute Gasteiger partial charge is 0.416 e. The molecule has 1 aromatic heterocycles. The van der Waals surface area contributed by atoms with E-state index in [4.69, 9.17) is 0 Å². The predicted molar refractivity (Wildman–Crippen MR) is 70.0 cm³/mol. The molecule has 1 aromatic carbocycles. The summed E-state index contributed by atoms with van der Waals surface area (Å²) < 4.78 is 40.4. The van der Waals surface area contributed by atoms with Gasteiger partial charge in [0.1, 0.15) is 5.69 Å². The molecule has 2 aromatic rings. The third kappa shape index (κ3) is 2.18. The second-order valence-corrected chi connectivity index (χ2v) is 4.85. The Hall–Kier alpha value is -2.31. The first-order valence-corrected chi connectivity index (χ1v) is 6.38. The fourth-order valence-electron chi connectivity index (χ4n) is 2.63. The van der Waals surface area contributed by atoms with Gasteiger partial charge in [-0.15, -0.1) is 0 Å². The maximum Gasteiger partial charge on any atom is 0.416 e. The lowest BCUT2D eigenvalue weighted by atomic mass is 10.0. The molecular formula is C14H12F3N3O. The van der Waals surface area contributed by atoms with Crippen LogP contribution in [-0.4, -0.2) is 22.2 Å². The molecule has 0 N–H and O–H groups in total. The molecule has 0 unspecified atom stereocenters. The van der Waals surface area contributed by atoms with Crippen LogP contribution >= 0.6 is 0 Å². The SMILES string of the molecule is Cn1nccc1C(=O)N1CCc2c1cccc2C(F)(F)F. The average molecular weight is 295 g/mol. The van der Waals surface area contributed by atoms with E-state index in [1.54, 1.807) is 19.2 Å². The van der Waals surface area contributed by atoms with Crippen molar-refractivity contribution in [2.45, 2.75) is 12.6 Å². The zero-order valence-corrected chi connectivity index (χ0v) is 11.2. The topological polar surface area (TPSA) is 38.1 Å². The van der Waals surface area contributed by atoms with E-state index >= 15 is 0 Å². The summed E-state index contributed by atoms with van der Waals surface area (Å²) >= 11 is 0. The van der Waals surface area contributed by atoms with Crippen LogP contribution in [0.4, 0.5) is 18.9 Å². The van der Waals surface area contributed by atoms with E-state index < -0.39 is 11.7 Å². The standard InChI is InChI=1S/C14H12F3N3O/c1-19-12(5-7-18-19)13(21)20-8-6-9-10(14(15,16)17)3-2-4-11(9)20/h2-5,7H,6,8H2,1H3. The van der Waals surface area contributed by atoms with Gasteiger partial charge in [-0.3, -0.25) is 9.48 Å². The van der Waals surface area contributed by atoms with Crippen LogP contribution in [0.2, 0.25) is 0 Å². The molecule has 7 heteroatoms. The monoisotopic (exact) mass is 295 g/mol. The van der Waals surface area contributed by atoms with Crippen molar-refractivity contribution in [2.24, 2.45) is 7.05 Å². The number of rotatable bonds is 1. The Balaban J connectivity index is 2.02. The fourth-order valence-corrected chi connectivity index (χ4v) is 2.63. The molecule has 0 saturated heterocycles. The Morgan fingerprint density at radius 2 is 2.05 bits per heavy atom. The Morgan fingerprint density at radius 1 is 1.29 bits per heavy atom. The number of hydrogen-bond acceptors (Lipinski definition) is 2. The highest BCUT2D eigenvalue weighted by molar-refractivity contribution is 6.06. The van der Waals surface area contributed by atoms with Gasteiger partial charge in [-0.05, 0) is 30.2 Å². The van der Waals surface area contributed by atoms with Crippen LogP contribution in [0.1, 0.15) is 21.6 Å². The molecule has 1 aliphatic rings. The number of fused-ring (bicyclic) bond motifs is 1. The van der Waals surface area contributed by atoms with Gasteiger partial charge in [0.2, 0.25) is 0 Å². The van der Waals surface area contributed by atoms with Crippen LogP contribution in [0.5, 0.6) is 0 Å². The lowest BCUT2D eigenvalue weighted by Crippen LogP contribution is -2.30. The fraction of sp³-hybridized carbons (Fsp3) is 0.286. The van der Waals surface area contributed by atoms with Gasteiger partial charge in [-0.2, -0.15) is 18.3 Å². The summed E-state index contributed by atoms with van der Waals surface area (Å²) in [5.74, 6) is -0.340. The third-order valence-corrected chi connectivity index (χ3v) is 3.62. The van der Waals surface area contributed by atoms with Crippen LogP contribution in [0, 0.1) is 0 Å². The number of alkyl halides is 3. The number of hydrogen-bond donors (Lipinski definition) is 0. The summed E-state index contributed by atoms with van der Waals surface area (Å²) in [6.07, 6.45) is -2.72. The Labute approximate surface area is 118 Å². The van der Waals surface area contributed by atoms with Crippen molar-refractivity contribution in [1.29, 1.82) is 0 Å². The quantitative estimate of drug-likeness (QED) is 0.811. The van der Waals surface area contributed by atoms with Crippen LogP contribution in [0.25, 0.3) is 0 Å². The van der Waals surface area contributed by atoms with E-state index in [1.807, 2.05) is 0 Å². The summed E-state index contributed by atoms with van der Waals surface area (Å²) in [7, 11) is 1.62. The van der Waals surface area contributed by atoms with E-state index in [0.29, 0.717) is 11.4 Å². The molecular weight excluding hydrogens is 283 g/mol. The molecule has 1 aliphatic heterocycles. The van der Waals surface area contributed by atoms with Gasteiger partial charge < -0.3 is 4.90 Å². The molecule has 0 spiro atoms. The van der Waals surface area contributed by atoms with Gasteiger partial charge in [0.05, 0.1) is 5.56 Å². The van der Waals surface area contributed by atoms with Crippen molar-refractivity contribution in [3.63, 3.8) is 0 Å². The van der Waals surface area contributed by atoms with E-state index in [9.17, 15) is 18.0 Å². The first-order valence-electron chi connectivity index (χ1n) is 6.38. The summed E-state index contributed by atoms with van der Waals surface area (Å²) in [6.45, 7) is 0.243. The lowest BCUT2D eigenvalue weighted by molar-refractivity contribution is -0.138. The zero-order chi connectivity index (χ0) is 15.2. The minimum atomic E-state index is -4.41. The Bertz CT molecular complexity index is 706. The molecule has 1 amide bonds. The number of benzene rings is 1. The molecule has 0 aliphatic carbocycles. The van der Waals surface area contributed by atoms with E-state index in [-0.39, 0.29) is 24.4 Å². The molecule has 3 rings (SSSR count). The van der Waals surface area contributed by atoms with Crippen molar-refractivity contribution >= 4 is 11.6 Å². The van der Waals surface area contributed by atoms with Gasteiger partial charge in [0.15, 0.2) is 0 Å². The van der Waals surface area contributed by atoms with Crippen molar-refractivity contribution in [1.82, 2.24) is 9.78 Å². The second kappa shape index (κ2) is 4.61. The maximum atomic E-state index is 13.0. The molecule has 21 heavy (non-hydrogen) atoms. The molecule has 0 bridgehead atoms. The summed E-state index contributed by atoms with van der Waals surface area (Å²) in [4.78, 5) is 13.8. The number of aromatic nitrogens is 2. The minimum Gasteiger partial charge on any atom is -0.306 e. The maximum absolute atomic E-state index is 13.0. The normalized spacial score (nSPS) is 14.4. The minimum absolute atomic E-state index is 0.181. The third-order valence-electron chi connectivity index (χ3n) is 3.62. The van der Waals surface area contributed by atoms with Crippen molar-refractivity contribution in [2.75, 3.05) is 11.4 Å². The number of amides is 1. The molecule has 0 atom stereocenters. The number of halogens is 3. The summed E-state index contributed by atoms with van der Waals surface area (Å²) in [6, 6.07) is 5.48. The van der Waals surface area contributed by atoms with Gasteiger partial charge >= 0.3 is 6.18 Å². The average Bonchev–Trinajstić information content (AvgIpc) is 3.02. The van der Waals surface area contributed by atoms with E-state index in [2.05, 4.69) is 5.10 Å². The zero-order valence-electron chi connectivity index (χ0n) is 11.2. The molecule has 0 radical (unpaired) electrons. The van der Waals surface area contributed by atoms with Crippen LogP contribution in [0.3, 0.4) is 0 Å².